The van der Waals surface area contributed by atoms with Crippen molar-refractivity contribution in [2.45, 2.75) is 92.9 Å². The number of rotatable bonds is 18. The molecule has 0 fully saturated rings. The number of phenolic OH excluding ortho intramolecular Hbond substituents is 2. The van der Waals surface area contributed by atoms with Gasteiger partial charge in [0.15, 0.2) is 0 Å². The van der Waals surface area contributed by atoms with Crippen molar-refractivity contribution in [2.75, 3.05) is 22.9 Å². The molecular weight excluding hydrogens is 1110 g/mol. The summed E-state index contributed by atoms with van der Waals surface area (Å²) in [6.45, 7) is 23.2. The van der Waals surface area contributed by atoms with Gasteiger partial charge in [-0.2, -0.15) is 0 Å². The predicted octanol–water partition coefficient (Wildman–Crippen LogP) is 18.2. The number of aliphatic imine (C=N–C) groups is 2. The van der Waals surface area contributed by atoms with E-state index in [1.807, 2.05) is 24.3 Å². The molecule has 0 aromatic heterocycles. The van der Waals surface area contributed by atoms with Gasteiger partial charge in [0.2, 0.25) is 0 Å². The fourth-order valence-corrected chi connectivity index (χ4v) is 9.74. The van der Waals surface area contributed by atoms with Crippen molar-refractivity contribution in [2.24, 2.45) is 15.4 Å². The first-order valence-corrected chi connectivity index (χ1v) is 28.7. The number of nitrogens with zero attached hydrogens (tertiary/aromatic N) is 4. The molecule has 0 unspecified atom stereocenters. The van der Waals surface area contributed by atoms with Crippen molar-refractivity contribution in [1.29, 1.82) is 0 Å². The van der Waals surface area contributed by atoms with E-state index in [1.54, 1.807) is 12.4 Å². The molecule has 8 rings (SSSR count). The van der Waals surface area contributed by atoms with E-state index in [9.17, 15) is 10.2 Å². The number of hydrogen-bond acceptors (Lipinski definition) is 8. The summed E-state index contributed by atoms with van der Waals surface area (Å²) in [6.07, 6.45) is 3.54. The second-order valence-corrected chi connectivity index (χ2v) is 21.8. The number of benzene rings is 8. The zero-order chi connectivity index (χ0) is 54.5. The zero-order valence-corrected chi connectivity index (χ0v) is 48.5. The van der Waals surface area contributed by atoms with E-state index in [0.717, 1.165) is 56.4 Å². The van der Waals surface area contributed by atoms with E-state index >= 15 is 0 Å². The zero-order valence-electron chi connectivity index (χ0n) is 45.6. The first-order valence-electron chi connectivity index (χ1n) is 26.3. The van der Waals surface area contributed by atoms with Crippen LogP contribution in [-0.4, -0.2) is 35.7 Å². The van der Waals surface area contributed by atoms with E-state index in [1.165, 1.54) is 22.3 Å². The molecule has 8 aromatic rings. The van der Waals surface area contributed by atoms with Gasteiger partial charge in [-0.1, -0.05) is 154 Å². The molecule has 0 aliphatic carbocycles. The molecule has 0 saturated carbocycles. The van der Waals surface area contributed by atoms with Crippen LogP contribution in [0.15, 0.2) is 192 Å². The van der Waals surface area contributed by atoms with Gasteiger partial charge in [-0.15, -0.1) is 0 Å². The SMILES string of the molecule is CC(C)c1cc(N(c2ccccc2)c2ccccc2)cc(C(C)C)c1-c1ccc(C=NCC(C)(C)CN=Cc2ccc(-c3c(C(C)C)cc(N(c4ccccc4)c4ccccc4)cc3C(C)C)cc2O)c(O)c1.[O]=[W]=[O]. The Hall–Kier alpha value is -7.41. The quantitative estimate of drug-likeness (QED) is 0.0829. The second kappa shape index (κ2) is 25.9. The van der Waals surface area contributed by atoms with Gasteiger partial charge in [0.05, 0.1) is 0 Å². The fraction of sp³-hybridized carbons (Fsp3) is 0.254. The van der Waals surface area contributed by atoms with Gasteiger partial charge in [-0.25, -0.2) is 0 Å². The molecule has 8 nitrogen and oxygen atoms in total. The van der Waals surface area contributed by atoms with Crippen LogP contribution in [0.4, 0.5) is 34.1 Å². The Morgan fingerprint density at radius 2 is 0.684 bits per heavy atom. The second-order valence-electron chi connectivity index (χ2n) is 21.3. The van der Waals surface area contributed by atoms with Crippen LogP contribution < -0.4 is 9.80 Å². The maximum absolute atomic E-state index is 11.5. The van der Waals surface area contributed by atoms with Crippen LogP contribution in [0.5, 0.6) is 11.5 Å². The minimum atomic E-state index is -2.25. The van der Waals surface area contributed by atoms with E-state index in [4.69, 9.17) is 16.8 Å². The molecule has 0 amide bonds. The van der Waals surface area contributed by atoms with Crippen LogP contribution in [0.2, 0.25) is 0 Å². The summed E-state index contributed by atoms with van der Waals surface area (Å²) in [5.74, 6) is 1.31. The average Bonchev–Trinajstić information content (AvgIpc) is 3.41. The van der Waals surface area contributed by atoms with E-state index in [2.05, 4.69) is 237 Å². The standard InChI is InChI=1S/C67H72N4O2.2O.W/c1-45(2)59-37-57(70(53-23-15-11-16-24-53)54-25-17-12-18-26-54)38-60(46(3)4)65(59)49-31-33-51(63(72)35-49)41-68-43-67(9,10)44-69-42-52-34-32-50(36-64(52)73)66-61(47(5)6)39-58(40-62(66)48(7)8)71(55-27-19-13-20-28-55)56-29-21-14-22-30-56;;;/h11-42,45-48,72-73H,43-44H2,1-10H3;;;. The van der Waals surface area contributed by atoms with Crippen molar-refractivity contribution in [3.05, 3.63) is 215 Å². The Labute approximate surface area is 459 Å². The van der Waals surface area contributed by atoms with Crippen LogP contribution in [0, 0.1) is 5.41 Å². The molecule has 0 atom stereocenters. The molecule has 2 N–H and O–H groups in total. The molecule has 0 heterocycles. The number of aromatic hydroxyl groups is 2. The normalized spacial score (nSPS) is 11.7. The molecule has 8 aromatic carbocycles. The Morgan fingerprint density at radius 3 is 0.921 bits per heavy atom. The topological polar surface area (TPSA) is 106 Å². The Balaban J connectivity index is 0.00000274. The molecular formula is C67H72N4O4W. The molecule has 0 spiro atoms. The third kappa shape index (κ3) is 13.7. The van der Waals surface area contributed by atoms with Crippen LogP contribution in [0.25, 0.3) is 22.3 Å². The van der Waals surface area contributed by atoms with Crippen LogP contribution in [0.3, 0.4) is 0 Å². The molecule has 76 heavy (non-hydrogen) atoms. The van der Waals surface area contributed by atoms with Crippen molar-refractivity contribution in [3.8, 4) is 33.8 Å². The number of phenols is 2. The van der Waals surface area contributed by atoms with Crippen molar-refractivity contribution in [1.82, 2.24) is 0 Å². The molecule has 0 bridgehead atoms. The first-order chi connectivity index (χ1) is 36.5. The molecule has 9 heteroatoms. The summed E-state index contributed by atoms with van der Waals surface area (Å²) in [5.41, 5.74) is 16.9. The summed E-state index contributed by atoms with van der Waals surface area (Å²) in [6, 6.07) is 63.3. The van der Waals surface area contributed by atoms with Gasteiger partial charge in [0, 0.05) is 76.2 Å². The fourth-order valence-electron chi connectivity index (χ4n) is 9.74. The number of hydrogen-bond donors (Lipinski definition) is 2. The van der Waals surface area contributed by atoms with Crippen LogP contribution in [-0.2, 0) is 25.3 Å². The maximum atomic E-state index is 11.5. The Bertz CT molecular complexity index is 2940. The van der Waals surface area contributed by atoms with Gasteiger partial charge in [0.1, 0.15) is 11.5 Å². The molecule has 0 aliphatic heterocycles. The molecule has 390 valence electrons. The van der Waals surface area contributed by atoms with E-state index < -0.39 is 18.5 Å². The molecule has 0 radical (unpaired) electrons. The van der Waals surface area contributed by atoms with Gasteiger partial charge in [0.25, 0.3) is 0 Å². The van der Waals surface area contributed by atoms with E-state index in [0.29, 0.717) is 24.2 Å². The Morgan fingerprint density at radius 1 is 0.421 bits per heavy atom. The average molecular weight is 1180 g/mol. The summed E-state index contributed by atoms with van der Waals surface area (Å²) < 4.78 is 17.1. The van der Waals surface area contributed by atoms with Crippen LogP contribution in [0.1, 0.15) is 126 Å². The van der Waals surface area contributed by atoms with Crippen molar-refractivity contribution < 1.29 is 35.5 Å². The minimum absolute atomic E-state index is 0.193. The van der Waals surface area contributed by atoms with Crippen molar-refractivity contribution >= 4 is 46.6 Å². The molecule has 0 aliphatic rings. The summed E-state index contributed by atoms with van der Waals surface area (Å²) >= 11 is -2.25. The van der Waals surface area contributed by atoms with Gasteiger partial charge < -0.3 is 20.0 Å². The van der Waals surface area contributed by atoms with Gasteiger partial charge in [-0.3, -0.25) is 9.98 Å². The summed E-state index contributed by atoms with van der Waals surface area (Å²) in [5, 5.41) is 23.0. The van der Waals surface area contributed by atoms with Gasteiger partial charge in [-0.05, 0) is 165 Å². The Kier molecular flexibility index (Phi) is 19.2. The van der Waals surface area contributed by atoms with Gasteiger partial charge >= 0.3 is 25.3 Å². The number of para-hydroxylation sites is 4. The van der Waals surface area contributed by atoms with Crippen molar-refractivity contribution in [3.63, 3.8) is 0 Å². The van der Waals surface area contributed by atoms with E-state index in [-0.39, 0.29) is 40.6 Å². The third-order valence-corrected chi connectivity index (χ3v) is 13.6. The number of anilines is 6. The monoisotopic (exact) mass is 1180 g/mol. The van der Waals surface area contributed by atoms with Crippen LogP contribution >= 0.6 is 0 Å². The predicted molar refractivity (Wildman–Crippen MR) is 313 cm³/mol. The molecule has 0 saturated heterocycles. The summed E-state index contributed by atoms with van der Waals surface area (Å²) in [4.78, 5) is 14.3. The third-order valence-electron chi connectivity index (χ3n) is 13.6. The summed E-state index contributed by atoms with van der Waals surface area (Å²) in [7, 11) is 0. The first kappa shape index (κ1) is 56.3.